The molecule has 1 aliphatic carbocycles. The number of hydrogen-bond donors (Lipinski definition) is 2. The summed E-state index contributed by atoms with van der Waals surface area (Å²) in [6.07, 6.45) is 8.73. The summed E-state index contributed by atoms with van der Waals surface area (Å²) < 4.78 is 0. The molecule has 1 aliphatic rings. The SMILES string of the molecule is C[C@H](N)C(=O)NC1C=CC=CC1. The lowest BCUT2D eigenvalue weighted by molar-refractivity contribution is -0.122. The summed E-state index contributed by atoms with van der Waals surface area (Å²) in [6, 6.07) is -0.308. The Hall–Kier alpha value is -1.09. The van der Waals surface area contributed by atoms with Crippen LogP contribution in [0.5, 0.6) is 0 Å². The largest absolute Gasteiger partial charge is 0.348 e. The van der Waals surface area contributed by atoms with Crippen molar-refractivity contribution in [3.63, 3.8) is 0 Å². The number of carbonyl (C=O) groups excluding carboxylic acids is 1. The van der Waals surface area contributed by atoms with Gasteiger partial charge in [0.25, 0.3) is 0 Å². The third-order valence-corrected chi connectivity index (χ3v) is 1.72. The summed E-state index contributed by atoms with van der Waals surface area (Å²) in [5.41, 5.74) is 5.40. The quantitative estimate of drug-likeness (QED) is 0.621. The van der Waals surface area contributed by atoms with Crippen LogP contribution < -0.4 is 11.1 Å². The van der Waals surface area contributed by atoms with Gasteiger partial charge in [-0.15, -0.1) is 0 Å². The molecule has 0 aromatic carbocycles. The highest BCUT2D eigenvalue weighted by Gasteiger charge is 2.11. The van der Waals surface area contributed by atoms with Gasteiger partial charge in [-0.3, -0.25) is 4.79 Å². The minimum Gasteiger partial charge on any atom is -0.348 e. The maximum atomic E-state index is 11.1. The summed E-state index contributed by atoms with van der Waals surface area (Å²) in [4.78, 5) is 11.1. The van der Waals surface area contributed by atoms with Gasteiger partial charge < -0.3 is 11.1 Å². The van der Waals surface area contributed by atoms with Gasteiger partial charge in [-0.25, -0.2) is 0 Å². The molecule has 0 fully saturated rings. The van der Waals surface area contributed by atoms with Gasteiger partial charge in [0.05, 0.1) is 12.1 Å². The van der Waals surface area contributed by atoms with Crippen molar-refractivity contribution < 1.29 is 4.79 Å². The highest BCUT2D eigenvalue weighted by Crippen LogP contribution is 2.02. The van der Waals surface area contributed by atoms with Crippen LogP contribution in [0.25, 0.3) is 0 Å². The molecule has 0 spiro atoms. The molecule has 0 aromatic rings. The molecule has 0 aliphatic heterocycles. The van der Waals surface area contributed by atoms with E-state index in [1.54, 1.807) is 6.92 Å². The first-order chi connectivity index (χ1) is 5.70. The zero-order valence-electron chi connectivity index (χ0n) is 7.16. The Morgan fingerprint density at radius 1 is 1.67 bits per heavy atom. The zero-order chi connectivity index (χ0) is 8.97. The molecule has 0 aromatic heterocycles. The van der Waals surface area contributed by atoms with Gasteiger partial charge >= 0.3 is 0 Å². The van der Waals surface area contributed by atoms with Crippen molar-refractivity contribution in [2.45, 2.75) is 25.4 Å². The zero-order valence-corrected chi connectivity index (χ0v) is 7.16. The standard InChI is InChI=1S/C9H14N2O/c1-7(10)9(12)11-8-5-3-2-4-6-8/h2-5,7-8H,6,10H2,1H3,(H,11,12)/t7-,8?/m0/s1. The van der Waals surface area contributed by atoms with Crippen LogP contribution in [0.1, 0.15) is 13.3 Å². The molecule has 3 nitrogen and oxygen atoms in total. The molecule has 0 radical (unpaired) electrons. The third-order valence-electron chi connectivity index (χ3n) is 1.72. The molecule has 0 saturated heterocycles. The molecule has 1 amide bonds. The molecular weight excluding hydrogens is 152 g/mol. The van der Waals surface area contributed by atoms with Crippen LogP contribution in [-0.4, -0.2) is 18.0 Å². The van der Waals surface area contributed by atoms with Crippen molar-refractivity contribution >= 4 is 5.91 Å². The second kappa shape index (κ2) is 4.07. The number of allylic oxidation sites excluding steroid dienone is 2. The highest BCUT2D eigenvalue weighted by atomic mass is 16.2. The summed E-state index contributed by atoms with van der Waals surface area (Å²) in [7, 11) is 0. The number of hydrogen-bond acceptors (Lipinski definition) is 2. The number of carbonyl (C=O) groups is 1. The fourth-order valence-electron chi connectivity index (χ4n) is 1.00. The lowest BCUT2D eigenvalue weighted by atomic mass is 10.1. The Bertz CT molecular complexity index is 219. The Kier molecular flexibility index (Phi) is 3.05. The Balaban J connectivity index is 2.37. The van der Waals surface area contributed by atoms with Crippen LogP contribution in [0.2, 0.25) is 0 Å². The van der Waals surface area contributed by atoms with Crippen molar-refractivity contribution in [1.29, 1.82) is 0 Å². The summed E-state index contributed by atoms with van der Waals surface area (Å²) >= 11 is 0. The maximum Gasteiger partial charge on any atom is 0.237 e. The monoisotopic (exact) mass is 166 g/mol. The maximum absolute atomic E-state index is 11.1. The van der Waals surface area contributed by atoms with E-state index in [4.69, 9.17) is 5.73 Å². The predicted molar refractivity (Wildman–Crippen MR) is 48.5 cm³/mol. The van der Waals surface area contributed by atoms with Crippen LogP contribution in [0.15, 0.2) is 24.3 Å². The molecule has 1 rings (SSSR count). The van der Waals surface area contributed by atoms with Crippen LogP contribution >= 0.6 is 0 Å². The fourth-order valence-corrected chi connectivity index (χ4v) is 1.00. The van der Waals surface area contributed by atoms with Gasteiger partial charge in [0, 0.05) is 0 Å². The number of nitrogens with two attached hydrogens (primary N) is 1. The van der Waals surface area contributed by atoms with Crippen LogP contribution in [-0.2, 0) is 4.79 Å². The molecule has 0 bridgehead atoms. The van der Waals surface area contributed by atoms with Crippen molar-refractivity contribution in [3.05, 3.63) is 24.3 Å². The molecule has 3 heteroatoms. The summed E-state index contributed by atoms with van der Waals surface area (Å²) in [5.74, 6) is -0.0973. The van der Waals surface area contributed by atoms with Crippen LogP contribution in [0.3, 0.4) is 0 Å². The van der Waals surface area contributed by atoms with E-state index >= 15 is 0 Å². The van der Waals surface area contributed by atoms with Gasteiger partial charge in [0.2, 0.25) is 5.91 Å². The van der Waals surface area contributed by atoms with Gasteiger partial charge in [0.15, 0.2) is 0 Å². The van der Waals surface area contributed by atoms with Gasteiger partial charge in [-0.05, 0) is 13.3 Å². The highest BCUT2D eigenvalue weighted by molar-refractivity contribution is 5.81. The molecule has 0 heterocycles. The van der Waals surface area contributed by atoms with E-state index < -0.39 is 6.04 Å². The first-order valence-electron chi connectivity index (χ1n) is 4.09. The number of amides is 1. The lowest BCUT2D eigenvalue weighted by Crippen LogP contribution is -2.43. The van der Waals surface area contributed by atoms with Crippen LogP contribution in [0.4, 0.5) is 0 Å². The lowest BCUT2D eigenvalue weighted by Gasteiger charge is -2.16. The summed E-state index contributed by atoms with van der Waals surface area (Å²) in [6.45, 7) is 1.68. The van der Waals surface area contributed by atoms with Gasteiger partial charge in [-0.2, -0.15) is 0 Å². The number of rotatable bonds is 2. The normalized spacial score (nSPS) is 23.7. The first-order valence-corrected chi connectivity index (χ1v) is 4.09. The molecule has 66 valence electrons. The van der Waals surface area contributed by atoms with Gasteiger partial charge in [-0.1, -0.05) is 24.3 Å². The van der Waals surface area contributed by atoms with Crippen molar-refractivity contribution in [2.75, 3.05) is 0 Å². The second-order valence-corrected chi connectivity index (χ2v) is 2.95. The minimum absolute atomic E-state index is 0.0973. The van der Waals surface area contributed by atoms with E-state index in [1.807, 2.05) is 24.3 Å². The molecule has 3 N–H and O–H groups in total. The first kappa shape index (κ1) is 9.00. The van der Waals surface area contributed by atoms with Gasteiger partial charge in [0.1, 0.15) is 0 Å². The smallest absolute Gasteiger partial charge is 0.237 e. The third kappa shape index (κ3) is 2.51. The predicted octanol–water partition coefficient (Wildman–Crippen LogP) is 0.335. The molecule has 0 saturated carbocycles. The van der Waals surface area contributed by atoms with Crippen molar-refractivity contribution in [1.82, 2.24) is 5.32 Å². The van der Waals surface area contributed by atoms with E-state index in [1.165, 1.54) is 0 Å². The second-order valence-electron chi connectivity index (χ2n) is 2.95. The van der Waals surface area contributed by atoms with E-state index in [2.05, 4.69) is 5.32 Å². The van der Waals surface area contributed by atoms with E-state index in [9.17, 15) is 4.79 Å². The van der Waals surface area contributed by atoms with E-state index in [0.29, 0.717) is 0 Å². The average Bonchev–Trinajstić information content (AvgIpc) is 2.06. The average molecular weight is 166 g/mol. The molecule has 12 heavy (non-hydrogen) atoms. The topological polar surface area (TPSA) is 55.1 Å². The number of nitrogens with one attached hydrogen (secondary N) is 1. The molecule has 2 atom stereocenters. The Morgan fingerprint density at radius 2 is 2.42 bits per heavy atom. The van der Waals surface area contributed by atoms with Crippen LogP contribution in [0, 0.1) is 0 Å². The molecule has 1 unspecified atom stereocenters. The Labute approximate surface area is 72.3 Å². The Morgan fingerprint density at radius 3 is 2.92 bits per heavy atom. The minimum atomic E-state index is -0.427. The van der Waals surface area contributed by atoms with E-state index in [0.717, 1.165) is 6.42 Å². The van der Waals surface area contributed by atoms with E-state index in [-0.39, 0.29) is 11.9 Å². The fraction of sp³-hybridized carbons (Fsp3) is 0.444. The molecular formula is C9H14N2O. The summed E-state index contributed by atoms with van der Waals surface area (Å²) in [5, 5.41) is 2.82. The van der Waals surface area contributed by atoms with Crippen molar-refractivity contribution in [3.8, 4) is 0 Å². The van der Waals surface area contributed by atoms with Crippen molar-refractivity contribution in [2.24, 2.45) is 5.73 Å².